The van der Waals surface area contributed by atoms with E-state index < -0.39 is 23.6 Å². The molecule has 174 valence electrons. The molecular weight excluding hydrogens is 472 g/mol. The number of carbonyl (C=O) groups excluding carboxylic acids is 2. The molecule has 0 amide bonds. The zero-order chi connectivity index (χ0) is 24.7. The van der Waals surface area contributed by atoms with E-state index >= 15 is 0 Å². The Kier molecular flexibility index (Phi) is 5.62. The molecule has 7 nitrogen and oxygen atoms in total. The number of phenols is 1. The number of aromatic hydroxyl groups is 1. The zero-order valence-electron chi connectivity index (χ0n) is 18.0. The van der Waals surface area contributed by atoms with Gasteiger partial charge in [0.05, 0.1) is 23.5 Å². The Labute approximate surface area is 204 Å². The Morgan fingerprint density at radius 1 is 0.886 bits per heavy atom. The number of aromatic carboxylic acids is 1. The van der Waals surface area contributed by atoms with Crippen molar-refractivity contribution in [1.29, 1.82) is 0 Å². The molecule has 2 heterocycles. The van der Waals surface area contributed by atoms with Crippen molar-refractivity contribution in [3.05, 3.63) is 106 Å². The molecule has 0 bridgehead atoms. The lowest BCUT2D eigenvalue weighted by molar-refractivity contribution is -0.135. The van der Waals surface area contributed by atoms with E-state index in [-0.39, 0.29) is 34.6 Å². The van der Waals surface area contributed by atoms with E-state index in [2.05, 4.69) is 0 Å². The number of furan rings is 1. The number of hydrogen-bond donors (Lipinski definition) is 2. The van der Waals surface area contributed by atoms with Crippen LogP contribution in [0.1, 0.15) is 49.9 Å². The maximum atomic E-state index is 13.1. The number of ether oxygens (including phenoxy) is 1. The third-order valence-corrected chi connectivity index (χ3v) is 6.11. The van der Waals surface area contributed by atoms with Crippen LogP contribution in [0.15, 0.2) is 77.2 Å². The first-order valence-corrected chi connectivity index (χ1v) is 11.0. The zero-order valence-corrected chi connectivity index (χ0v) is 18.8. The standard InChI is InChI=1S/C27H17ClO7/c28-17-7-5-15(6-8-17)25(30)18-9-10-22-24(26(18)31)19(13-23(29)35-22)21-12-11-20(34-21)14-1-3-16(4-2-14)27(32)33/h1-12,19,31H,13H2,(H,32,33)/t19-/m0/s1. The number of halogens is 1. The highest BCUT2D eigenvalue weighted by Gasteiger charge is 2.35. The van der Waals surface area contributed by atoms with Crippen LogP contribution >= 0.6 is 11.6 Å². The summed E-state index contributed by atoms with van der Waals surface area (Å²) in [5.41, 5.74) is 1.48. The second-order valence-corrected chi connectivity index (χ2v) is 8.46. The molecule has 0 unspecified atom stereocenters. The molecule has 0 aliphatic carbocycles. The summed E-state index contributed by atoms with van der Waals surface area (Å²) in [5, 5.41) is 20.7. The maximum Gasteiger partial charge on any atom is 0.335 e. The summed E-state index contributed by atoms with van der Waals surface area (Å²) in [7, 11) is 0. The Morgan fingerprint density at radius 3 is 2.26 bits per heavy atom. The van der Waals surface area contributed by atoms with Gasteiger partial charge in [0.25, 0.3) is 0 Å². The monoisotopic (exact) mass is 488 g/mol. The van der Waals surface area contributed by atoms with Crippen LogP contribution in [0.4, 0.5) is 0 Å². The van der Waals surface area contributed by atoms with E-state index in [0.29, 0.717) is 27.7 Å². The quantitative estimate of drug-likeness (QED) is 0.211. The molecule has 0 saturated carbocycles. The van der Waals surface area contributed by atoms with E-state index in [1.807, 2.05) is 0 Å². The first-order valence-electron chi connectivity index (χ1n) is 10.6. The number of ketones is 1. The molecule has 8 heteroatoms. The molecule has 5 rings (SSSR count). The van der Waals surface area contributed by atoms with Gasteiger partial charge in [0.1, 0.15) is 23.0 Å². The smallest absolute Gasteiger partial charge is 0.335 e. The van der Waals surface area contributed by atoms with Gasteiger partial charge in [-0.3, -0.25) is 9.59 Å². The number of fused-ring (bicyclic) bond motifs is 1. The summed E-state index contributed by atoms with van der Waals surface area (Å²) in [4.78, 5) is 36.4. The van der Waals surface area contributed by atoms with Gasteiger partial charge in [-0.15, -0.1) is 0 Å². The van der Waals surface area contributed by atoms with Crippen LogP contribution in [0.25, 0.3) is 11.3 Å². The normalized spacial score (nSPS) is 14.8. The third-order valence-electron chi connectivity index (χ3n) is 5.86. The second-order valence-electron chi connectivity index (χ2n) is 8.02. The van der Waals surface area contributed by atoms with Gasteiger partial charge in [-0.25, -0.2) is 4.79 Å². The van der Waals surface area contributed by atoms with Gasteiger partial charge in [0, 0.05) is 21.7 Å². The molecule has 35 heavy (non-hydrogen) atoms. The minimum Gasteiger partial charge on any atom is -0.507 e. The van der Waals surface area contributed by atoms with Gasteiger partial charge in [-0.05, 0) is 60.7 Å². The highest BCUT2D eigenvalue weighted by molar-refractivity contribution is 6.30. The summed E-state index contributed by atoms with van der Waals surface area (Å²) in [6, 6.07) is 18.8. The minimum atomic E-state index is -1.03. The number of carboxylic acids is 1. The molecule has 1 aliphatic rings. The molecular formula is C27H17ClO7. The minimum absolute atomic E-state index is 0.0602. The summed E-state index contributed by atoms with van der Waals surface area (Å²) in [6.45, 7) is 0. The number of rotatable bonds is 5. The van der Waals surface area contributed by atoms with Crippen LogP contribution in [0.5, 0.6) is 11.5 Å². The average Bonchev–Trinajstić information content (AvgIpc) is 3.34. The van der Waals surface area contributed by atoms with Crippen molar-refractivity contribution in [1.82, 2.24) is 0 Å². The van der Waals surface area contributed by atoms with Crippen molar-refractivity contribution in [2.45, 2.75) is 12.3 Å². The van der Waals surface area contributed by atoms with Crippen LogP contribution in [0.3, 0.4) is 0 Å². The lowest BCUT2D eigenvalue weighted by atomic mass is 9.87. The molecule has 0 radical (unpaired) electrons. The molecule has 0 spiro atoms. The van der Waals surface area contributed by atoms with Crippen LogP contribution in [0.2, 0.25) is 5.02 Å². The van der Waals surface area contributed by atoms with Gasteiger partial charge in [-0.2, -0.15) is 0 Å². The fourth-order valence-corrected chi connectivity index (χ4v) is 4.23. The molecule has 1 atom stereocenters. The van der Waals surface area contributed by atoms with Gasteiger partial charge in [0.15, 0.2) is 5.78 Å². The number of carbonyl (C=O) groups is 3. The number of carboxylic acid groups (broad SMARTS) is 1. The lowest BCUT2D eigenvalue weighted by Crippen LogP contribution is -2.21. The van der Waals surface area contributed by atoms with Crippen LogP contribution in [-0.2, 0) is 4.79 Å². The summed E-state index contributed by atoms with van der Waals surface area (Å²) in [5.74, 6) is -1.90. The number of hydrogen-bond acceptors (Lipinski definition) is 6. The van der Waals surface area contributed by atoms with Crippen LogP contribution in [0, 0.1) is 0 Å². The highest BCUT2D eigenvalue weighted by atomic mass is 35.5. The average molecular weight is 489 g/mol. The number of benzene rings is 3. The summed E-state index contributed by atoms with van der Waals surface area (Å²) < 4.78 is 11.3. The number of phenolic OH excluding ortho intramolecular Hbond substituents is 1. The van der Waals surface area contributed by atoms with Gasteiger partial charge >= 0.3 is 11.9 Å². The SMILES string of the molecule is O=C1C[C@@H](c2ccc(-c3ccc(C(=O)O)cc3)o2)c2c(ccc(C(=O)c3ccc(Cl)cc3)c2O)O1. The largest absolute Gasteiger partial charge is 0.507 e. The predicted octanol–water partition coefficient (Wildman–Crippen LogP) is 5.68. The maximum absolute atomic E-state index is 13.1. The van der Waals surface area contributed by atoms with Crippen molar-refractivity contribution >= 4 is 29.3 Å². The highest BCUT2D eigenvalue weighted by Crippen LogP contribution is 2.46. The lowest BCUT2D eigenvalue weighted by Gasteiger charge is -2.25. The van der Waals surface area contributed by atoms with Crippen LogP contribution in [-0.4, -0.2) is 27.9 Å². The van der Waals surface area contributed by atoms with E-state index in [9.17, 15) is 19.5 Å². The molecule has 1 aliphatic heterocycles. The first kappa shape index (κ1) is 22.4. The molecule has 4 aromatic rings. The first-order chi connectivity index (χ1) is 16.8. The van der Waals surface area contributed by atoms with E-state index in [1.54, 1.807) is 48.5 Å². The molecule has 0 fully saturated rings. The topological polar surface area (TPSA) is 114 Å². The van der Waals surface area contributed by atoms with Crippen molar-refractivity contribution in [2.24, 2.45) is 0 Å². The molecule has 0 saturated heterocycles. The van der Waals surface area contributed by atoms with E-state index in [1.165, 1.54) is 24.3 Å². The molecule has 1 aromatic heterocycles. The fourth-order valence-electron chi connectivity index (χ4n) is 4.10. The Hall–Kier alpha value is -4.36. The van der Waals surface area contributed by atoms with Crippen molar-refractivity contribution in [3.63, 3.8) is 0 Å². The van der Waals surface area contributed by atoms with Crippen molar-refractivity contribution in [2.75, 3.05) is 0 Å². The Morgan fingerprint density at radius 2 is 1.57 bits per heavy atom. The van der Waals surface area contributed by atoms with Gasteiger partial charge in [-0.1, -0.05) is 23.7 Å². The van der Waals surface area contributed by atoms with Crippen LogP contribution < -0.4 is 4.74 Å². The Bertz CT molecular complexity index is 1470. The molecule has 3 aromatic carbocycles. The second kappa shape index (κ2) is 8.77. The molecule has 2 N–H and O–H groups in total. The number of esters is 1. The van der Waals surface area contributed by atoms with E-state index in [0.717, 1.165) is 0 Å². The fraction of sp³-hybridized carbons (Fsp3) is 0.0741. The summed E-state index contributed by atoms with van der Waals surface area (Å²) >= 11 is 5.91. The predicted molar refractivity (Wildman–Crippen MR) is 126 cm³/mol. The van der Waals surface area contributed by atoms with Crippen molar-refractivity contribution in [3.8, 4) is 22.8 Å². The van der Waals surface area contributed by atoms with E-state index in [4.69, 9.17) is 25.9 Å². The summed E-state index contributed by atoms with van der Waals surface area (Å²) in [6.07, 6.45) is -0.0932. The third kappa shape index (κ3) is 4.18. The Balaban J connectivity index is 1.53. The van der Waals surface area contributed by atoms with Crippen molar-refractivity contribution < 1.29 is 33.8 Å². The van der Waals surface area contributed by atoms with Gasteiger partial charge < -0.3 is 19.4 Å². The van der Waals surface area contributed by atoms with Gasteiger partial charge in [0.2, 0.25) is 0 Å².